The number of hydrogen-bond acceptors (Lipinski definition) is 3. The van der Waals surface area contributed by atoms with Crippen molar-refractivity contribution in [2.75, 3.05) is 11.8 Å². The molecule has 0 aromatic heterocycles. The van der Waals surface area contributed by atoms with Gasteiger partial charge in [0.1, 0.15) is 10.6 Å². The summed E-state index contributed by atoms with van der Waals surface area (Å²) in [6, 6.07) is 10.1. The van der Waals surface area contributed by atoms with Crippen LogP contribution in [0.2, 0.25) is 0 Å². The first-order chi connectivity index (χ1) is 9.83. The molecule has 0 aliphatic heterocycles. The van der Waals surface area contributed by atoms with E-state index in [1.165, 1.54) is 13.2 Å². The third-order valence-corrected chi connectivity index (χ3v) is 5.61. The molecule has 21 heavy (non-hydrogen) atoms. The number of hydrogen-bond donors (Lipinski definition) is 1. The Morgan fingerprint density at radius 3 is 2.43 bits per heavy atom. The van der Waals surface area contributed by atoms with Crippen molar-refractivity contribution >= 4 is 47.6 Å². The lowest BCUT2D eigenvalue weighted by Gasteiger charge is -2.12. The molecule has 0 unspecified atom stereocenters. The van der Waals surface area contributed by atoms with Crippen LogP contribution in [0.4, 0.5) is 5.69 Å². The van der Waals surface area contributed by atoms with Gasteiger partial charge >= 0.3 is 0 Å². The molecule has 4 nitrogen and oxygen atoms in total. The van der Waals surface area contributed by atoms with Crippen LogP contribution < -0.4 is 9.46 Å². The van der Waals surface area contributed by atoms with Crippen molar-refractivity contribution in [3.63, 3.8) is 0 Å². The normalized spacial score (nSPS) is 11.2. The Kier molecular flexibility index (Phi) is 4.95. The van der Waals surface area contributed by atoms with Crippen molar-refractivity contribution < 1.29 is 13.2 Å². The second-order valence-corrected chi connectivity index (χ2v) is 7.79. The SMILES string of the molecule is COc1ccc(Br)cc1S(=O)(=O)Nc1ccc(Br)c(C)c1. The number of anilines is 1. The summed E-state index contributed by atoms with van der Waals surface area (Å²) in [4.78, 5) is 0.0833. The first kappa shape index (κ1) is 16.3. The molecular formula is C14H13Br2NO3S. The summed E-state index contributed by atoms with van der Waals surface area (Å²) in [6.45, 7) is 1.89. The van der Waals surface area contributed by atoms with E-state index >= 15 is 0 Å². The molecule has 7 heteroatoms. The maximum atomic E-state index is 12.5. The van der Waals surface area contributed by atoms with Gasteiger partial charge in [-0.2, -0.15) is 0 Å². The Bertz CT molecular complexity index is 776. The van der Waals surface area contributed by atoms with Gasteiger partial charge in [0.25, 0.3) is 10.0 Å². The molecule has 0 fully saturated rings. The Labute approximate surface area is 140 Å². The van der Waals surface area contributed by atoms with Crippen molar-refractivity contribution in [3.8, 4) is 5.75 Å². The maximum Gasteiger partial charge on any atom is 0.265 e. The van der Waals surface area contributed by atoms with Crippen LogP contribution in [0, 0.1) is 6.92 Å². The molecule has 0 heterocycles. The van der Waals surface area contributed by atoms with Crippen LogP contribution in [-0.4, -0.2) is 15.5 Å². The average molecular weight is 435 g/mol. The van der Waals surface area contributed by atoms with E-state index in [-0.39, 0.29) is 4.90 Å². The van der Waals surface area contributed by atoms with Gasteiger partial charge in [0, 0.05) is 14.6 Å². The number of rotatable bonds is 4. The predicted molar refractivity (Wildman–Crippen MR) is 90.4 cm³/mol. The maximum absolute atomic E-state index is 12.5. The number of sulfonamides is 1. The highest BCUT2D eigenvalue weighted by Crippen LogP contribution is 2.29. The van der Waals surface area contributed by atoms with Crippen molar-refractivity contribution in [3.05, 3.63) is 50.9 Å². The van der Waals surface area contributed by atoms with Gasteiger partial charge in [0.15, 0.2) is 0 Å². The fourth-order valence-corrected chi connectivity index (χ4v) is 3.78. The van der Waals surface area contributed by atoms with Gasteiger partial charge in [-0.25, -0.2) is 8.42 Å². The van der Waals surface area contributed by atoms with E-state index in [1.807, 2.05) is 6.92 Å². The van der Waals surface area contributed by atoms with Gasteiger partial charge in [-0.1, -0.05) is 31.9 Å². The predicted octanol–water partition coefficient (Wildman–Crippen LogP) is 4.33. The average Bonchev–Trinajstić information content (AvgIpc) is 2.42. The molecule has 2 aromatic carbocycles. The molecule has 0 radical (unpaired) electrons. The molecule has 112 valence electrons. The van der Waals surface area contributed by atoms with Gasteiger partial charge in [-0.3, -0.25) is 4.72 Å². The molecule has 0 spiro atoms. The van der Waals surface area contributed by atoms with E-state index in [9.17, 15) is 8.42 Å². The third-order valence-electron chi connectivity index (χ3n) is 2.83. The number of aryl methyl sites for hydroxylation is 1. The zero-order valence-corrected chi connectivity index (χ0v) is 15.3. The topological polar surface area (TPSA) is 55.4 Å². The third kappa shape index (κ3) is 3.78. The van der Waals surface area contributed by atoms with Crippen molar-refractivity contribution in [1.82, 2.24) is 0 Å². The molecule has 0 saturated heterocycles. The first-order valence-corrected chi connectivity index (χ1v) is 9.03. The summed E-state index contributed by atoms with van der Waals surface area (Å²) in [6.07, 6.45) is 0. The number of methoxy groups -OCH3 is 1. The lowest BCUT2D eigenvalue weighted by molar-refractivity contribution is 0.403. The summed E-state index contributed by atoms with van der Waals surface area (Å²) >= 11 is 6.65. The van der Waals surface area contributed by atoms with E-state index in [0.717, 1.165) is 10.0 Å². The Morgan fingerprint density at radius 1 is 1.10 bits per heavy atom. The summed E-state index contributed by atoms with van der Waals surface area (Å²) < 4.78 is 34.3. The van der Waals surface area contributed by atoms with Gasteiger partial charge in [-0.15, -0.1) is 0 Å². The van der Waals surface area contributed by atoms with Gasteiger partial charge in [0.05, 0.1) is 7.11 Å². The van der Waals surface area contributed by atoms with Crippen LogP contribution >= 0.6 is 31.9 Å². The quantitative estimate of drug-likeness (QED) is 0.778. The highest BCUT2D eigenvalue weighted by atomic mass is 79.9. The molecule has 0 aliphatic carbocycles. The van der Waals surface area contributed by atoms with E-state index in [1.54, 1.807) is 30.3 Å². The molecule has 0 atom stereocenters. The molecule has 0 aliphatic rings. The van der Waals surface area contributed by atoms with Crippen LogP contribution in [0.15, 0.2) is 50.2 Å². The summed E-state index contributed by atoms with van der Waals surface area (Å²) in [5, 5.41) is 0. The smallest absolute Gasteiger partial charge is 0.265 e. The highest BCUT2D eigenvalue weighted by Gasteiger charge is 2.20. The second-order valence-electron chi connectivity index (χ2n) is 4.36. The van der Waals surface area contributed by atoms with Crippen molar-refractivity contribution in [2.24, 2.45) is 0 Å². The number of halogens is 2. The molecule has 0 saturated carbocycles. The first-order valence-electron chi connectivity index (χ1n) is 5.96. The molecular weight excluding hydrogens is 422 g/mol. The Balaban J connectivity index is 2.42. The summed E-state index contributed by atoms with van der Waals surface area (Å²) in [5.41, 5.74) is 1.44. The molecule has 1 N–H and O–H groups in total. The van der Waals surface area contributed by atoms with E-state index < -0.39 is 10.0 Å². The number of nitrogens with one attached hydrogen (secondary N) is 1. The standard InChI is InChI=1S/C14H13Br2NO3S/c1-9-7-11(4-5-12(9)16)17-21(18,19)14-8-10(15)3-6-13(14)20-2/h3-8,17H,1-2H3. The monoisotopic (exact) mass is 433 g/mol. The minimum atomic E-state index is -3.73. The van der Waals surface area contributed by atoms with Crippen LogP contribution in [0.1, 0.15) is 5.56 Å². The molecule has 2 aromatic rings. The zero-order chi connectivity index (χ0) is 15.6. The number of benzene rings is 2. The zero-order valence-electron chi connectivity index (χ0n) is 11.4. The van der Waals surface area contributed by atoms with Crippen molar-refractivity contribution in [1.29, 1.82) is 0 Å². The Morgan fingerprint density at radius 2 is 1.81 bits per heavy atom. The highest BCUT2D eigenvalue weighted by molar-refractivity contribution is 9.10. The van der Waals surface area contributed by atoms with E-state index in [2.05, 4.69) is 36.6 Å². The fraction of sp³-hybridized carbons (Fsp3) is 0.143. The molecule has 2 rings (SSSR count). The van der Waals surface area contributed by atoms with Crippen LogP contribution in [0.25, 0.3) is 0 Å². The van der Waals surface area contributed by atoms with Gasteiger partial charge in [-0.05, 0) is 48.9 Å². The van der Waals surface area contributed by atoms with E-state index in [0.29, 0.717) is 15.9 Å². The minimum absolute atomic E-state index is 0.0833. The molecule has 0 amide bonds. The summed E-state index contributed by atoms with van der Waals surface area (Å²) in [5.74, 6) is 0.291. The van der Waals surface area contributed by atoms with Gasteiger partial charge < -0.3 is 4.74 Å². The minimum Gasteiger partial charge on any atom is -0.495 e. The summed E-state index contributed by atoms with van der Waals surface area (Å²) in [7, 11) is -2.29. The van der Waals surface area contributed by atoms with Gasteiger partial charge in [0.2, 0.25) is 0 Å². The second kappa shape index (κ2) is 6.37. The van der Waals surface area contributed by atoms with E-state index in [4.69, 9.17) is 4.74 Å². The lowest BCUT2D eigenvalue weighted by atomic mass is 10.2. The largest absolute Gasteiger partial charge is 0.495 e. The Hall–Kier alpha value is -1.05. The van der Waals surface area contributed by atoms with Crippen molar-refractivity contribution in [2.45, 2.75) is 11.8 Å². The number of ether oxygens (including phenoxy) is 1. The lowest BCUT2D eigenvalue weighted by Crippen LogP contribution is -2.14. The fourth-order valence-electron chi connectivity index (χ4n) is 1.78. The van der Waals surface area contributed by atoms with Crippen LogP contribution in [-0.2, 0) is 10.0 Å². The van der Waals surface area contributed by atoms with Crippen LogP contribution in [0.3, 0.4) is 0 Å². The molecule has 0 bridgehead atoms. The van der Waals surface area contributed by atoms with Crippen LogP contribution in [0.5, 0.6) is 5.75 Å².